The second-order valence-corrected chi connectivity index (χ2v) is 3.54. The number of halogens is 2. The maximum Gasteiger partial charge on any atom is 0.222 e. The summed E-state index contributed by atoms with van der Waals surface area (Å²) in [5.74, 6) is -0.385. The summed E-state index contributed by atoms with van der Waals surface area (Å²) in [6.45, 7) is 1.83. The number of nitrogens with zero attached hydrogens (tertiary/aromatic N) is 2. The number of aromatic nitrogens is 2. The molecule has 5 heteroatoms. The van der Waals surface area contributed by atoms with Crippen LogP contribution in [0.15, 0.2) is 12.1 Å². The summed E-state index contributed by atoms with van der Waals surface area (Å²) in [6, 6.07) is 2.60. The molecule has 0 atom stereocenters. The lowest BCUT2D eigenvalue weighted by Crippen LogP contribution is -1.95. The number of rotatable bonds is 1. The Morgan fingerprint density at radius 2 is 2.13 bits per heavy atom. The zero-order valence-electron chi connectivity index (χ0n) is 7.96. The molecule has 0 spiro atoms. The van der Waals surface area contributed by atoms with Gasteiger partial charge in [0, 0.05) is 11.4 Å². The Balaban J connectivity index is 2.85. The fourth-order valence-electron chi connectivity index (χ4n) is 1.34. The summed E-state index contributed by atoms with van der Waals surface area (Å²) >= 11 is 5.66. The lowest BCUT2D eigenvalue weighted by Gasteiger charge is -2.04. The molecule has 0 fully saturated rings. The van der Waals surface area contributed by atoms with E-state index in [-0.39, 0.29) is 21.8 Å². The maximum absolute atomic E-state index is 13.5. The number of hydrogen-bond acceptors (Lipinski definition) is 3. The van der Waals surface area contributed by atoms with Gasteiger partial charge in [0.05, 0.1) is 5.39 Å². The second-order valence-electron chi connectivity index (χ2n) is 3.10. The van der Waals surface area contributed by atoms with Crippen LogP contribution in [-0.2, 0) is 6.42 Å². The van der Waals surface area contributed by atoms with E-state index in [0.29, 0.717) is 12.2 Å². The Hall–Kier alpha value is -1.42. The third-order valence-electron chi connectivity index (χ3n) is 2.06. The molecule has 0 bridgehead atoms. The van der Waals surface area contributed by atoms with Gasteiger partial charge in [-0.15, -0.1) is 0 Å². The third kappa shape index (κ3) is 1.72. The van der Waals surface area contributed by atoms with Gasteiger partial charge >= 0.3 is 0 Å². The van der Waals surface area contributed by atoms with E-state index in [4.69, 9.17) is 11.6 Å². The van der Waals surface area contributed by atoms with Gasteiger partial charge in [-0.1, -0.05) is 18.5 Å². The Morgan fingerprint density at radius 1 is 1.40 bits per heavy atom. The van der Waals surface area contributed by atoms with Gasteiger partial charge < -0.3 is 5.11 Å². The van der Waals surface area contributed by atoms with Crippen LogP contribution in [0.1, 0.15) is 12.7 Å². The van der Waals surface area contributed by atoms with Gasteiger partial charge in [0.2, 0.25) is 5.88 Å². The van der Waals surface area contributed by atoms with Crippen LogP contribution in [0, 0.1) is 5.82 Å². The van der Waals surface area contributed by atoms with Gasteiger partial charge in [0.25, 0.3) is 0 Å². The van der Waals surface area contributed by atoms with E-state index in [1.807, 2.05) is 6.92 Å². The summed E-state index contributed by atoms with van der Waals surface area (Å²) in [5.41, 5.74) is 0.101. The van der Waals surface area contributed by atoms with Crippen LogP contribution in [-0.4, -0.2) is 15.1 Å². The summed E-state index contributed by atoms with van der Waals surface area (Å²) in [6.07, 6.45) is 0.533. The first-order chi connectivity index (χ1) is 7.11. The van der Waals surface area contributed by atoms with Gasteiger partial charge in [-0.05, 0) is 12.1 Å². The van der Waals surface area contributed by atoms with Crippen molar-refractivity contribution in [2.45, 2.75) is 13.3 Å². The van der Waals surface area contributed by atoms with Crippen molar-refractivity contribution >= 4 is 22.5 Å². The number of benzene rings is 1. The van der Waals surface area contributed by atoms with Crippen molar-refractivity contribution in [2.24, 2.45) is 0 Å². The normalized spacial score (nSPS) is 10.9. The van der Waals surface area contributed by atoms with Crippen molar-refractivity contribution in [1.82, 2.24) is 9.97 Å². The number of aromatic hydroxyl groups is 1. The van der Waals surface area contributed by atoms with Gasteiger partial charge in [0.15, 0.2) is 5.82 Å². The lowest BCUT2D eigenvalue weighted by atomic mass is 10.2. The van der Waals surface area contributed by atoms with Gasteiger partial charge in [-0.2, -0.15) is 4.98 Å². The second kappa shape index (κ2) is 3.62. The van der Waals surface area contributed by atoms with Crippen LogP contribution in [0.25, 0.3) is 10.9 Å². The van der Waals surface area contributed by atoms with Crippen molar-refractivity contribution in [3.05, 3.63) is 28.8 Å². The Labute approximate surface area is 90.5 Å². The van der Waals surface area contributed by atoms with E-state index in [0.717, 1.165) is 6.07 Å². The molecular formula is C10H8ClFN2O. The number of fused-ring (bicyclic) bond motifs is 1. The van der Waals surface area contributed by atoms with Gasteiger partial charge in [-0.25, -0.2) is 9.37 Å². The zero-order chi connectivity index (χ0) is 11.0. The van der Waals surface area contributed by atoms with E-state index >= 15 is 0 Å². The molecule has 1 aromatic carbocycles. The molecule has 1 heterocycles. The zero-order valence-corrected chi connectivity index (χ0v) is 8.72. The minimum Gasteiger partial charge on any atom is -0.493 e. The number of hydrogen-bond donors (Lipinski definition) is 1. The Morgan fingerprint density at radius 3 is 2.80 bits per heavy atom. The Kier molecular flexibility index (Phi) is 2.44. The highest BCUT2D eigenvalue weighted by atomic mass is 35.5. The molecule has 0 aliphatic carbocycles. The molecule has 0 unspecified atom stereocenters. The summed E-state index contributed by atoms with van der Waals surface area (Å²) in [4.78, 5) is 7.81. The predicted octanol–water partition coefficient (Wildman–Crippen LogP) is 2.69. The molecule has 2 rings (SSSR count). The molecule has 0 aliphatic heterocycles. The standard InChI is InChI=1S/C10H8ClFN2O/c1-2-8-13-9-6(10(15)14-8)3-5(11)4-7(9)12/h3-4H,2H2,1H3,(H,13,14,15). The van der Waals surface area contributed by atoms with Gasteiger partial charge in [-0.3, -0.25) is 0 Å². The van der Waals surface area contributed by atoms with Crippen LogP contribution in [0.5, 0.6) is 5.88 Å². The molecule has 3 nitrogen and oxygen atoms in total. The SMILES string of the molecule is CCc1nc(O)c2cc(Cl)cc(F)c2n1. The van der Waals surface area contributed by atoms with Crippen LogP contribution < -0.4 is 0 Å². The first kappa shape index (κ1) is 10.1. The fraction of sp³-hybridized carbons (Fsp3) is 0.200. The molecular weight excluding hydrogens is 219 g/mol. The van der Waals surface area contributed by atoms with E-state index in [1.54, 1.807) is 0 Å². The topological polar surface area (TPSA) is 46.0 Å². The van der Waals surface area contributed by atoms with Gasteiger partial charge in [0.1, 0.15) is 11.3 Å². The monoisotopic (exact) mass is 226 g/mol. The summed E-state index contributed by atoms with van der Waals surface area (Å²) in [7, 11) is 0. The molecule has 15 heavy (non-hydrogen) atoms. The molecule has 0 radical (unpaired) electrons. The van der Waals surface area contributed by atoms with Crippen LogP contribution >= 0.6 is 11.6 Å². The largest absolute Gasteiger partial charge is 0.493 e. The molecule has 0 amide bonds. The van der Waals surface area contributed by atoms with Crippen LogP contribution in [0.3, 0.4) is 0 Å². The molecule has 0 saturated carbocycles. The quantitative estimate of drug-likeness (QED) is 0.813. The smallest absolute Gasteiger partial charge is 0.222 e. The minimum absolute atomic E-state index is 0.101. The average molecular weight is 227 g/mol. The van der Waals surface area contributed by atoms with Crippen LogP contribution in [0.4, 0.5) is 4.39 Å². The van der Waals surface area contributed by atoms with Crippen molar-refractivity contribution in [1.29, 1.82) is 0 Å². The number of aryl methyl sites for hydroxylation is 1. The average Bonchev–Trinajstić information content (AvgIpc) is 2.19. The summed E-state index contributed by atoms with van der Waals surface area (Å²) < 4.78 is 13.5. The van der Waals surface area contributed by atoms with E-state index in [9.17, 15) is 9.50 Å². The molecule has 78 valence electrons. The highest BCUT2D eigenvalue weighted by Crippen LogP contribution is 2.27. The highest BCUT2D eigenvalue weighted by Gasteiger charge is 2.10. The Bertz CT molecular complexity index is 530. The first-order valence-electron chi connectivity index (χ1n) is 4.46. The fourth-order valence-corrected chi connectivity index (χ4v) is 1.55. The summed E-state index contributed by atoms with van der Waals surface area (Å²) in [5, 5.41) is 10.0. The van der Waals surface area contributed by atoms with Crippen molar-refractivity contribution < 1.29 is 9.50 Å². The lowest BCUT2D eigenvalue weighted by molar-refractivity contribution is 0.456. The first-order valence-corrected chi connectivity index (χ1v) is 4.84. The molecule has 1 N–H and O–H groups in total. The maximum atomic E-state index is 13.5. The molecule has 0 saturated heterocycles. The van der Waals surface area contributed by atoms with E-state index < -0.39 is 5.82 Å². The molecule has 2 aromatic rings. The molecule has 1 aromatic heterocycles. The molecule has 0 aliphatic rings. The predicted molar refractivity (Wildman–Crippen MR) is 55.5 cm³/mol. The highest BCUT2D eigenvalue weighted by molar-refractivity contribution is 6.31. The van der Waals surface area contributed by atoms with Crippen molar-refractivity contribution in [3.63, 3.8) is 0 Å². The third-order valence-corrected chi connectivity index (χ3v) is 2.28. The minimum atomic E-state index is -0.551. The van der Waals surface area contributed by atoms with Crippen molar-refractivity contribution in [3.8, 4) is 5.88 Å². The van der Waals surface area contributed by atoms with E-state index in [2.05, 4.69) is 9.97 Å². The van der Waals surface area contributed by atoms with E-state index in [1.165, 1.54) is 6.07 Å². The van der Waals surface area contributed by atoms with Crippen molar-refractivity contribution in [2.75, 3.05) is 0 Å². The van der Waals surface area contributed by atoms with Crippen LogP contribution in [0.2, 0.25) is 5.02 Å².